The minimum Gasteiger partial charge on any atom is -0.241 e. The maximum absolute atomic E-state index is 13.2. The normalized spacial score (nSPS) is 11.6. The van der Waals surface area contributed by atoms with Gasteiger partial charge >= 0.3 is 0 Å². The van der Waals surface area contributed by atoms with E-state index in [1.165, 1.54) is 6.20 Å². The number of sulfonamides is 1. The first-order valence-electron chi connectivity index (χ1n) is 6.99. The van der Waals surface area contributed by atoms with Gasteiger partial charge in [-0.05, 0) is 30.3 Å². The fourth-order valence-corrected chi connectivity index (χ4v) is 3.11. The molecule has 3 aromatic rings. The Morgan fingerprint density at radius 3 is 2.50 bits per heavy atom. The summed E-state index contributed by atoms with van der Waals surface area (Å²) in [6, 6.07) is 11.8. The fourth-order valence-electron chi connectivity index (χ4n) is 2.08. The van der Waals surface area contributed by atoms with Crippen molar-refractivity contribution in [2.75, 3.05) is 0 Å². The van der Waals surface area contributed by atoms with E-state index in [2.05, 4.69) is 9.82 Å². The van der Waals surface area contributed by atoms with Crippen LogP contribution in [0.3, 0.4) is 0 Å². The van der Waals surface area contributed by atoms with Crippen LogP contribution in [-0.4, -0.2) is 18.2 Å². The van der Waals surface area contributed by atoms with Gasteiger partial charge in [0.1, 0.15) is 0 Å². The number of aromatic nitrogens is 2. The first-order chi connectivity index (χ1) is 11.5. The van der Waals surface area contributed by atoms with E-state index in [1.807, 2.05) is 30.3 Å². The third-order valence-electron chi connectivity index (χ3n) is 3.32. The maximum atomic E-state index is 13.2. The summed E-state index contributed by atoms with van der Waals surface area (Å²) in [5.74, 6) is -2.31. The minimum absolute atomic E-state index is 0.0197. The zero-order chi connectivity index (χ0) is 17.2. The predicted octanol–water partition coefficient (Wildman–Crippen LogP) is 2.63. The highest BCUT2D eigenvalue weighted by Gasteiger charge is 2.16. The van der Waals surface area contributed by atoms with E-state index < -0.39 is 21.7 Å². The van der Waals surface area contributed by atoms with E-state index in [0.717, 1.165) is 17.8 Å². The van der Waals surface area contributed by atoms with Crippen LogP contribution >= 0.6 is 0 Å². The van der Waals surface area contributed by atoms with Crippen molar-refractivity contribution in [1.29, 1.82) is 0 Å². The number of nitrogens with zero attached hydrogens (tertiary/aromatic N) is 2. The summed E-state index contributed by atoms with van der Waals surface area (Å²) in [5, 5.41) is 4.16. The number of rotatable bonds is 5. The van der Waals surface area contributed by atoms with Gasteiger partial charge in [-0.2, -0.15) is 5.10 Å². The monoisotopic (exact) mass is 349 g/mol. The van der Waals surface area contributed by atoms with Gasteiger partial charge in [0, 0.05) is 18.3 Å². The van der Waals surface area contributed by atoms with Crippen LogP contribution in [0.25, 0.3) is 5.69 Å². The van der Waals surface area contributed by atoms with Crippen LogP contribution in [-0.2, 0) is 16.6 Å². The third kappa shape index (κ3) is 3.50. The van der Waals surface area contributed by atoms with Gasteiger partial charge in [-0.25, -0.2) is 26.6 Å². The fraction of sp³-hybridized carbons (Fsp3) is 0.0625. The molecule has 0 aliphatic carbocycles. The van der Waals surface area contributed by atoms with Gasteiger partial charge < -0.3 is 0 Å². The van der Waals surface area contributed by atoms with Crippen LogP contribution in [0.15, 0.2) is 65.8 Å². The van der Waals surface area contributed by atoms with Gasteiger partial charge in [0.05, 0.1) is 16.8 Å². The SMILES string of the molecule is O=S(=O)(NCc1cnn(-c2ccccc2)c1)c1ccc(F)c(F)c1. The van der Waals surface area contributed by atoms with Crippen molar-refractivity contribution in [3.05, 3.63) is 78.1 Å². The van der Waals surface area contributed by atoms with Crippen molar-refractivity contribution in [3.8, 4) is 5.69 Å². The summed E-state index contributed by atoms with van der Waals surface area (Å²) in [6.45, 7) is -0.0197. The molecule has 3 rings (SSSR count). The quantitative estimate of drug-likeness (QED) is 0.770. The minimum atomic E-state index is -3.95. The molecule has 0 saturated carbocycles. The molecule has 2 aromatic carbocycles. The van der Waals surface area contributed by atoms with Gasteiger partial charge in [0.25, 0.3) is 0 Å². The largest absolute Gasteiger partial charge is 0.241 e. The van der Waals surface area contributed by atoms with Crippen molar-refractivity contribution in [1.82, 2.24) is 14.5 Å². The lowest BCUT2D eigenvalue weighted by Gasteiger charge is -2.06. The van der Waals surface area contributed by atoms with Gasteiger partial charge in [-0.1, -0.05) is 18.2 Å². The van der Waals surface area contributed by atoms with Crippen molar-refractivity contribution in [2.24, 2.45) is 0 Å². The summed E-state index contributed by atoms with van der Waals surface area (Å²) in [6.07, 6.45) is 3.21. The highest BCUT2D eigenvalue weighted by molar-refractivity contribution is 7.89. The van der Waals surface area contributed by atoms with Gasteiger partial charge in [-0.15, -0.1) is 0 Å². The van der Waals surface area contributed by atoms with Crippen LogP contribution in [0.1, 0.15) is 5.56 Å². The molecule has 24 heavy (non-hydrogen) atoms. The zero-order valence-corrected chi connectivity index (χ0v) is 13.2. The first-order valence-corrected chi connectivity index (χ1v) is 8.48. The Morgan fingerprint density at radius 1 is 1.04 bits per heavy atom. The second-order valence-electron chi connectivity index (χ2n) is 5.03. The Bertz CT molecular complexity index is 956. The van der Waals surface area contributed by atoms with Gasteiger partial charge in [0.2, 0.25) is 10.0 Å². The number of hydrogen-bond acceptors (Lipinski definition) is 3. The van der Waals surface area contributed by atoms with Gasteiger partial charge in [-0.3, -0.25) is 0 Å². The lowest BCUT2D eigenvalue weighted by atomic mass is 10.3. The topological polar surface area (TPSA) is 64.0 Å². The summed E-state index contributed by atoms with van der Waals surface area (Å²) >= 11 is 0. The van der Waals surface area contributed by atoms with Crippen LogP contribution in [0, 0.1) is 11.6 Å². The van der Waals surface area contributed by atoms with Crippen LogP contribution in [0.5, 0.6) is 0 Å². The summed E-state index contributed by atoms with van der Waals surface area (Å²) in [5.41, 5.74) is 1.47. The Morgan fingerprint density at radius 2 is 1.79 bits per heavy atom. The zero-order valence-electron chi connectivity index (χ0n) is 12.4. The van der Waals surface area contributed by atoms with E-state index in [9.17, 15) is 17.2 Å². The van der Waals surface area contributed by atoms with E-state index in [4.69, 9.17) is 0 Å². The van der Waals surface area contributed by atoms with E-state index in [1.54, 1.807) is 10.9 Å². The summed E-state index contributed by atoms with van der Waals surface area (Å²) < 4.78 is 54.3. The molecule has 0 unspecified atom stereocenters. The molecule has 0 spiro atoms. The molecule has 124 valence electrons. The van der Waals surface area contributed by atoms with Crippen LogP contribution < -0.4 is 4.72 Å². The Labute approximate surface area is 137 Å². The molecule has 0 amide bonds. The smallest absolute Gasteiger partial charge is 0.240 e. The molecule has 0 atom stereocenters. The molecule has 5 nitrogen and oxygen atoms in total. The van der Waals surface area contributed by atoms with Crippen molar-refractivity contribution in [2.45, 2.75) is 11.4 Å². The Hall–Kier alpha value is -2.58. The summed E-state index contributed by atoms with van der Waals surface area (Å²) in [4.78, 5) is -0.336. The maximum Gasteiger partial charge on any atom is 0.240 e. The number of nitrogens with one attached hydrogen (secondary N) is 1. The first kappa shape index (κ1) is 16.3. The van der Waals surface area contributed by atoms with E-state index in [-0.39, 0.29) is 11.4 Å². The molecular formula is C16H13F2N3O2S. The highest BCUT2D eigenvalue weighted by Crippen LogP contribution is 2.14. The standard InChI is InChI=1S/C16H13F2N3O2S/c17-15-7-6-14(8-16(15)18)24(22,23)20-10-12-9-19-21(11-12)13-4-2-1-3-5-13/h1-9,11,20H,10H2. The molecule has 0 bridgehead atoms. The molecule has 1 heterocycles. The molecule has 1 aromatic heterocycles. The molecular weight excluding hydrogens is 336 g/mol. The average molecular weight is 349 g/mol. The number of halogens is 2. The molecule has 0 fully saturated rings. The molecule has 0 aliphatic rings. The number of para-hydroxylation sites is 1. The highest BCUT2D eigenvalue weighted by atomic mass is 32.2. The second kappa shape index (κ2) is 6.50. The molecule has 0 aliphatic heterocycles. The third-order valence-corrected chi connectivity index (χ3v) is 4.72. The van der Waals surface area contributed by atoms with Crippen LogP contribution in [0.2, 0.25) is 0 Å². The van der Waals surface area contributed by atoms with Crippen LogP contribution in [0.4, 0.5) is 8.78 Å². The van der Waals surface area contributed by atoms with E-state index in [0.29, 0.717) is 11.6 Å². The number of hydrogen-bond donors (Lipinski definition) is 1. The van der Waals surface area contributed by atoms with E-state index >= 15 is 0 Å². The second-order valence-corrected chi connectivity index (χ2v) is 6.80. The van der Waals surface area contributed by atoms with Crippen molar-refractivity contribution < 1.29 is 17.2 Å². The summed E-state index contributed by atoms with van der Waals surface area (Å²) in [7, 11) is -3.95. The molecule has 8 heteroatoms. The lowest BCUT2D eigenvalue weighted by Crippen LogP contribution is -2.23. The Kier molecular flexibility index (Phi) is 4.41. The number of benzene rings is 2. The predicted molar refractivity (Wildman–Crippen MR) is 83.9 cm³/mol. The molecule has 0 radical (unpaired) electrons. The van der Waals surface area contributed by atoms with Crippen molar-refractivity contribution in [3.63, 3.8) is 0 Å². The van der Waals surface area contributed by atoms with Crippen molar-refractivity contribution >= 4 is 10.0 Å². The molecule has 1 N–H and O–H groups in total. The van der Waals surface area contributed by atoms with Gasteiger partial charge in [0.15, 0.2) is 11.6 Å². The molecule has 0 saturated heterocycles. The average Bonchev–Trinajstić information content (AvgIpc) is 3.05. The Balaban J connectivity index is 1.73. The lowest BCUT2D eigenvalue weighted by molar-refractivity contribution is 0.504.